The van der Waals surface area contributed by atoms with Gasteiger partial charge in [0.1, 0.15) is 0 Å². The molecule has 63 heavy (non-hydrogen) atoms. The van der Waals surface area contributed by atoms with Gasteiger partial charge in [-0.1, -0.05) is 208 Å². The number of allylic oxidation sites excluding steroid dienone is 13. The second-order valence-electron chi connectivity index (χ2n) is 17.1. The molecule has 0 saturated heterocycles. The molecule has 6 aromatic rings. The Bertz CT molecular complexity index is 2780. The molecule has 8 rings (SSSR count). The summed E-state index contributed by atoms with van der Waals surface area (Å²) in [5.41, 5.74) is 21.7. The molecule has 0 atom stereocenters. The Balaban J connectivity index is 0.000000389. The second kappa shape index (κ2) is 20.3. The molecule has 0 N–H and O–H groups in total. The standard InChI is InChI=1S/C49H49N.C13H12/c1-8-10-22-45-37(5)49(6,7)48-34-41(28-31-46(45)48)38(17-9-2)19-16-32-50(42-20-12-11-13-21-42)43-29-26-39(27-30-43)40-25-24-36(4)47(33-40)44-23-15-14-18-35(44)3;1-11-6-5-9-13(10-11)12-7-3-2-4-8-12/h8-12,14-20,22-31,33-34H,1-2,13,21,32H2,3-7H3;2-10H,1H3/b19-16-,22-10-,38-17+;. The molecule has 6 aromatic carbocycles. The van der Waals surface area contributed by atoms with Crippen LogP contribution >= 0.6 is 0 Å². The predicted octanol–water partition coefficient (Wildman–Crippen LogP) is 17.0. The number of nitrogens with zero attached hydrogens (tertiary/aromatic N) is 1. The van der Waals surface area contributed by atoms with E-state index < -0.39 is 0 Å². The van der Waals surface area contributed by atoms with Gasteiger partial charge < -0.3 is 4.90 Å². The van der Waals surface area contributed by atoms with Crippen LogP contribution in [0.4, 0.5) is 5.69 Å². The molecule has 0 saturated carbocycles. The Hall–Kier alpha value is -6.96. The van der Waals surface area contributed by atoms with E-state index in [4.69, 9.17) is 0 Å². The molecular weight excluding hydrogens is 759 g/mol. The van der Waals surface area contributed by atoms with Gasteiger partial charge >= 0.3 is 0 Å². The number of anilines is 1. The molecule has 0 aliphatic heterocycles. The summed E-state index contributed by atoms with van der Waals surface area (Å²) >= 11 is 0. The molecule has 2 aliphatic rings. The first-order chi connectivity index (χ1) is 30.6. The van der Waals surface area contributed by atoms with Gasteiger partial charge in [-0.2, -0.15) is 0 Å². The lowest BCUT2D eigenvalue weighted by Gasteiger charge is -2.28. The Morgan fingerprint density at radius 2 is 1.35 bits per heavy atom. The molecule has 1 nitrogen and oxygen atoms in total. The van der Waals surface area contributed by atoms with E-state index in [9.17, 15) is 0 Å². The molecule has 0 radical (unpaired) electrons. The highest BCUT2D eigenvalue weighted by Crippen LogP contribution is 2.47. The van der Waals surface area contributed by atoms with Crippen LogP contribution in [-0.4, -0.2) is 6.54 Å². The summed E-state index contributed by atoms with van der Waals surface area (Å²) in [5, 5.41) is 0. The van der Waals surface area contributed by atoms with Gasteiger partial charge in [0.2, 0.25) is 0 Å². The average Bonchev–Trinajstić information content (AvgIpc) is 3.50. The number of benzene rings is 6. The highest BCUT2D eigenvalue weighted by molar-refractivity contribution is 5.88. The maximum absolute atomic E-state index is 4.05. The summed E-state index contributed by atoms with van der Waals surface area (Å²) in [6.45, 7) is 22.1. The van der Waals surface area contributed by atoms with Gasteiger partial charge in [-0.3, -0.25) is 0 Å². The van der Waals surface area contributed by atoms with Crippen LogP contribution in [0.15, 0.2) is 225 Å². The van der Waals surface area contributed by atoms with Crippen molar-refractivity contribution in [3.8, 4) is 33.4 Å². The molecule has 2 aliphatic carbocycles. The van der Waals surface area contributed by atoms with Crippen molar-refractivity contribution in [3.05, 3.63) is 258 Å². The minimum absolute atomic E-state index is 0.0419. The van der Waals surface area contributed by atoms with E-state index in [1.807, 2.05) is 24.3 Å². The van der Waals surface area contributed by atoms with E-state index in [-0.39, 0.29) is 5.41 Å². The normalized spacial score (nSPS) is 14.3. The van der Waals surface area contributed by atoms with Gasteiger partial charge in [0.05, 0.1) is 0 Å². The number of hydrogen-bond donors (Lipinski definition) is 0. The number of aryl methyl sites for hydroxylation is 3. The monoisotopic (exact) mass is 819 g/mol. The van der Waals surface area contributed by atoms with E-state index >= 15 is 0 Å². The number of rotatable bonds is 12. The van der Waals surface area contributed by atoms with Crippen LogP contribution in [0.2, 0.25) is 0 Å². The topological polar surface area (TPSA) is 3.24 Å². The van der Waals surface area contributed by atoms with Crippen molar-refractivity contribution in [2.24, 2.45) is 0 Å². The lowest BCUT2D eigenvalue weighted by molar-refractivity contribution is 0.639. The van der Waals surface area contributed by atoms with E-state index in [2.05, 4.69) is 236 Å². The molecule has 0 amide bonds. The van der Waals surface area contributed by atoms with Crippen LogP contribution in [0.5, 0.6) is 0 Å². The summed E-state index contributed by atoms with van der Waals surface area (Å²) in [4.78, 5) is 2.44. The van der Waals surface area contributed by atoms with Crippen LogP contribution in [0.25, 0.3) is 44.5 Å². The Labute approximate surface area is 377 Å². The van der Waals surface area contributed by atoms with Crippen molar-refractivity contribution in [1.29, 1.82) is 0 Å². The van der Waals surface area contributed by atoms with Crippen LogP contribution in [0, 0.1) is 20.8 Å². The molecule has 0 bridgehead atoms. The fraction of sp³-hybridized carbons (Fsp3) is 0.161. The molecule has 0 fully saturated rings. The Morgan fingerprint density at radius 1 is 0.651 bits per heavy atom. The van der Waals surface area contributed by atoms with Crippen LogP contribution in [0.3, 0.4) is 0 Å². The SMILES string of the molecule is C=C/C=C\C1=C(C)C(C)(C)c2cc(C(/C=C\CN(C3=CC=CCC3)c3ccc(-c4ccc(C)c(-c5ccccc5C)c4)cc3)=C/C=C)ccc21.Cc1cccc(-c2ccccc2)c1. The van der Waals surface area contributed by atoms with Crippen LogP contribution < -0.4 is 4.90 Å². The molecule has 0 aromatic heterocycles. The second-order valence-corrected chi connectivity index (χ2v) is 17.1. The van der Waals surface area contributed by atoms with Crippen molar-refractivity contribution in [3.63, 3.8) is 0 Å². The third-order valence-electron chi connectivity index (χ3n) is 12.6. The summed E-state index contributed by atoms with van der Waals surface area (Å²) in [5.74, 6) is 0. The van der Waals surface area contributed by atoms with Gasteiger partial charge in [0.25, 0.3) is 0 Å². The zero-order valence-electron chi connectivity index (χ0n) is 38.0. The average molecular weight is 820 g/mol. The first-order valence-corrected chi connectivity index (χ1v) is 22.3. The molecular formula is C62H61N. The van der Waals surface area contributed by atoms with E-state index in [1.54, 1.807) is 0 Å². The summed E-state index contributed by atoms with van der Waals surface area (Å²) in [6, 6.07) is 50.4. The summed E-state index contributed by atoms with van der Waals surface area (Å²) < 4.78 is 0. The fourth-order valence-electron chi connectivity index (χ4n) is 8.71. The van der Waals surface area contributed by atoms with E-state index in [0.717, 1.165) is 25.0 Å². The third kappa shape index (κ3) is 10.2. The van der Waals surface area contributed by atoms with Crippen LogP contribution in [0.1, 0.15) is 67.0 Å². The molecule has 0 unspecified atom stereocenters. The summed E-state index contributed by atoms with van der Waals surface area (Å²) in [7, 11) is 0. The zero-order valence-corrected chi connectivity index (χ0v) is 38.0. The fourth-order valence-corrected chi connectivity index (χ4v) is 8.71. The maximum atomic E-state index is 4.05. The van der Waals surface area contributed by atoms with Crippen molar-refractivity contribution < 1.29 is 0 Å². The smallest absolute Gasteiger partial charge is 0.0412 e. The van der Waals surface area contributed by atoms with Gasteiger partial charge in [0, 0.05) is 23.3 Å². The van der Waals surface area contributed by atoms with E-state index in [0.29, 0.717) is 0 Å². The summed E-state index contributed by atoms with van der Waals surface area (Å²) in [6.07, 6.45) is 23.4. The maximum Gasteiger partial charge on any atom is 0.0412 e. The quantitative estimate of drug-likeness (QED) is 0.111. The largest absolute Gasteiger partial charge is 0.341 e. The van der Waals surface area contributed by atoms with Gasteiger partial charge in [0.15, 0.2) is 0 Å². The molecule has 1 heteroatoms. The predicted molar refractivity (Wildman–Crippen MR) is 276 cm³/mol. The van der Waals surface area contributed by atoms with Gasteiger partial charge in [-0.05, 0) is 143 Å². The lowest BCUT2D eigenvalue weighted by atomic mass is 9.81. The van der Waals surface area contributed by atoms with E-state index in [1.165, 1.54) is 89.3 Å². The minimum atomic E-state index is -0.0419. The number of fused-ring (bicyclic) bond motifs is 1. The molecule has 0 spiro atoms. The number of hydrogen-bond acceptors (Lipinski definition) is 1. The lowest BCUT2D eigenvalue weighted by Crippen LogP contribution is -2.23. The van der Waals surface area contributed by atoms with Crippen molar-refractivity contribution in [2.75, 3.05) is 11.4 Å². The van der Waals surface area contributed by atoms with Crippen molar-refractivity contribution >= 4 is 16.8 Å². The zero-order chi connectivity index (χ0) is 44.3. The Kier molecular flexibility index (Phi) is 14.2. The highest BCUT2D eigenvalue weighted by Gasteiger charge is 2.34. The molecule has 0 heterocycles. The Morgan fingerprint density at radius 3 is 2.06 bits per heavy atom. The van der Waals surface area contributed by atoms with Crippen molar-refractivity contribution in [2.45, 2.75) is 59.8 Å². The minimum Gasteiger partial charge on any atom is -0.341 e. The van der Waals surface area contributed by atoms with Gasteiger partial charge in [-0.15, -0.1) is 0 Å². The van der Waals surface area contributed by atoms with Crippen LogP contribution in [-0.2, 0) is 5.41 Å². The first-order valence-electron chi connectivity index (χ1n) is 22.3. The highest BCUT2D eigenvalue weighted by atomic mass is 15.1. The van der Waals surface area contributed by atoms with Gasteiger partial charge in [-0.25, -0.2) is 0 Å². The third-order valence-corrected chi connectivity index (χ3v) is 12.6. The molecule has 314 valence electrons. The van der Waals surface area contributed by atoms with Crippen molar-refractivity contribution in [1.82, 2.24) is 0 Å². The first kappa shape index (κ1) is 44.1.